The zero-order valence-electron chi connectivity index (χ0n) is 15.6. The summed E-state index contributed by atoms with van der Waals surface area (Å²) in [5, 5.41) is 0.696. The Hall–Kier alpha value is 0.310. The number of hydrogen-bond donors (Lipinski definition) is 1. The fourth-order valence-electron chi connectivity index (χ4n) is 2.76. The Kier molecular flexibility index (Phi) is 13.0. The molecule has 1 atom stereocenters. The molecule has 0 aliphatic heterocycles. The van der Waals surface area contributed by atoms with Crippen LogP contribution < -0.4 is 4.72 Å². The van der Waals surface area contributed by atoms with Crippen molar-refractivity contribution in [1.29, 1.82) is 0 Å². The van der Waals surface area contributed by atoms with E-state index in [9.17, 15) is 0 Å². The highest BCUT2D eigenvalue weighted by atomic mass is 32.2. The van der Waals surface area contributed by atoms with E-state index in [2.05, 4.69) is 46.3 Å². The summed E-state index contributed by atoms with van der Waals surface area (Å²) in [5.74, 6) is 0.821. The summed E-state index contributed by atoms with van der Waals surface area (Å²) in [6.07, 6.45) is 12.5. The van der Waals surface area contributed by atoms with Gasteiger partial charge in [-0.2, -0.15) is 0 Å². The van der Waals surface area contributed by atoms with E-state index in [1.165, 1.54) is 64.3 Å². The number of unbranched alkanes of at least 4 members (excludes halogenated alkanes) is 5. The van der Waals surface area contributed by atoms with Crippen molar-refractivity contribution in [2.75, 3.05) is 6.54 Å². The van der Waals surface area contributed by atoms with Crippen LogP contribution in [0, 0.1) is 11.3 Å². The summed E-state index contributed by atoms with van der Waals surface area (Å²) in [5.41, 5.74) is 0.575. The quantitative estimate of drug-likeness (QED) is 0.278. The van der Waals surface area contributed by atoms with Crippen LogP contribution in [0.1, 0.15) is 99.3 Å². The highest BCUT2D eigenvalue weighted by Gasteiger charge is 2.26. The molecule has 0 bridgehead atoms. The van der Waals surface area contributed by atoms with E-state index >= 15 is 0 Å². The second-order valence-electron chi connectivity index (χ2n) is 7.49. The summed E-state index contributed by atoms with van der Waals surface area (Å²) < 4.78 is 3.45. The molecular weight excluding hydrogens is 274 g/mol. The molecule has 0 saturated carbocycles. The van der Waals surface area contributed by atoms with Crippen LogP contribution in [-0.2, 0) is 0 Å². The Morgan fingerprint density at radius 2 is 1.43 bits per heavy atom. The van der Waals surface area contributed by atoms with Gasteiger partial charge in [0.2, 0.25) is 0 Å². The van der Waals surface area contributed by atoms with E-state index in [1.807, 2.05) is 11.9 Å². The maximum absolute atomic E-state index is 3.45. The Labute approximate surface area is 139 Å². The van der Waals surface area contributed by atoms with E-state index in [4.69, 9.17) is 0 Å². The lowest BCUT2D eigenvalue weighted by molar-refractivity contribution is 0.170. The molecular formula is C19H41NS. The molecule has 0 spiro atoms. The maximum Gasteiger partial charge on any atom is 0.0136 e. The largest absolute Gasteiger partial charge is 0.264 e. The van der Waals surface area contributed by atoms with Crippen molar-refractivity contribution >= 4 is 11.9 Å². The van der Waals surface area contributed by atoms with Gasteiger partial charge in [-0.1, -0.05) is 92.0 Å². The predicted molar refractivity (Wildman–Crippen MR) is 101 cm³/mol. The molecule has 0 aromatic heterocycles. The van der Waals surface area contributed by atoms with Crippen molar-refractivity contribution in [3.8, 4) is 0 Å². The van der Waals surface area contributed by atoms with E-state index in [1.54, 1.807) is 0 Å². The zero-order valence-corrected chi connectivity index (χ0v) is 16.5. The average Bonchev–Trinajstić information content (AvgIpc) is 2.42. The van der Waals surface area contributed by atoms with Crippen LogP contribution in [0.5, 0.6) is 0 Å². The minimum Gasteiger partial charge on any atom is -0.264 e. The summed E-state index contributed by atoms with van der Waals surface area (Å²) in [6.45, 7) is 15.3. The molecule has 2 heteroatoms. The van der Waals surface area contributed by atoms with Crippen LogP contribution in [0.4, 0.5) is 0 Å². The van der Waals surface area contributed by atoms with Gasteiger partial charge in [0.05, 0.1) is 0 Å². The van der Waals surface area contributed by atoms with Gasteiger partial charge in [0.25, 0.3) is 0 Å². The molecule has 0 radical (unpaired) electrons. The standard InChI is InChI=1S/C19H41NS/c1-7-8-14-19(6,17(2)3)15-12-10-9-11-13-16-20-21-18(4)5/h17-18,20H,7-16H2,1-6H3. The van der Waals surface area contributed by atoms with Gasteiger partial charge in [0.1, 0.15) is 0 Å². The molecule has 0 aromatic carbocycles. The van der Waals surface area contributed by atoms with Crippen molar-refractivity contribution in [2.45, 2.75) is 105 Å². The highest BCUT2D eigenvalue weighted by Crippen LogP contribution is 2.38. The smallest absolute Gasteiger partial charge is 0.0136 e. The lowest BCUT2D eigenvalue weighted by Crippen LogP contribution is -2.23. The van der Waals surface area contributed by atoms with Crippen molar-refractivity contribution in [3.63, 3.8) is 0 Å². The van der Waals surface area contributed by atoms with E-state index in [0.29, 0.717) is 10.7 Å². The second-order valence-corrected chi connectivity index (χ2v) is 8.96. The Balaban J connectivity index is 3.58. The Morgan fingerprint density at radius 1 is 0.857 bits per heavy atom. The highest BCUT2D eigenvalue weighted by molar-refractivity contribution is 7.97. The first-order valence-corrected chi connectivity index (χ1v) is 10.2. The lowest BCUT2D eigenvalue weighted by Gasteiger charge is -2.34. The average molecular weight is 316 g/mol. The monoisotopic (exact) mass is 315 g/mol. The number of hydrogen-bond acceptors (Lipinski definition) is 2. The normalized spacial score (nSPS) is 14.9. The number of rotatable bonds is 14. The molecule has 0 aromatic rings. The number of nitrogens with one attached hydrogen (secondary N) is 1. The summed E-state index contributed by atoms with van der Waals surface area (Å²) in [4.78, 5) is 0. The van der Waals surface area contributed by atoms with Gasteiger partial charge in [-0.15, -0.1) is 0 Å². The second kappa shape index (κ2) is 12.8. The molecule has 0 aliphatic rings. The summed E-state index contributed by atoms with van der Waals surface area (Å²) >= 11 is 1.86. The summed E-state index contributed by atoms with van der Waals surface area (Å²) in [6, 6.07) is 0. The predicted octanol–water partition coefficient (Wildman–Crippen LogP) is 6.83. The topological polar surface area (TPSA) is 12.0 Å². The Bertz CT molecular complexity index is 228. The van der Waals surface area contributed by atoms with Crippen molar-refractivity contribution in [1.82, 2.24) is 4.72 Å². The first-order valence-electron chi connectivity index (χ1n) is 9.31. The van der Waals surface area contributed by atoms with Gasteiger partial charge in [-0.05, 0) is 30.6 Å². The maximum atomic E-state index is 3.45. The zero-order chi connectivity index (χ0) is 16.1. The first kappa shape index (κ1) is 21.3. The lowest BCUT2D eigenvalue weighted by atomic mass is 9.71. The van der Waals surface area contributed by atoms with Crippen LogP contribution in [0.25, 0.3) is 0 Å². The van der Waals surface area contributed by atoms with Crippen LogP contribution in [0.2, 0.25) is 0 Å². The van der Waals surface area contributed by atoms with Crippen LogP contribution >= 0.6 is 11.9 Å². The fourth-order valence-corrected chi connectivity index (χ4v) is 3.36. The molecule has 0 aliphatic carbocycles. The molecule has 0 heterocycles. The minimum atomic E-state index is 0.575. The van der Waals surface area contributed by atoms with Crippen molar-refractivity contribution in [3.05, 3.63) is 0 Å². The molecule has 0 fully saturated rings. The molecule has 0 rings (SSSR count). The van der Waals surface area contributed by atoms with E-state index < -0.39 is 0 Å². The molecule has 0 saturated heterocycles. The molecule has 1 nitrogen and oxygen atoms in total. The van der Waals surface area contributed by atoms with Crippen molar-refractivity contribution < 1.29 is 0 Å². The van der Waals surface area contributed by atoms with Crippen LogP contribution in [-0.4, -0.2) is 11.8 Å². The summed E-state index contributed by atoms with van der Waals surface area (Å²) in [7, 11) is 0. The van der Waals surface area contributed by atoms with Gasteiger partial charge < -0.3 is 0 Å². The van der Waals surface area contributed by atoms with Gasteiger partial charge in [0, 0.05) is 11.8 Å². The SMILES string of the molecule is CCCCC(C)(CCCCCCCNSC(C)C)C(C)C. The first-order chi connectivity index (χ1) is 9.92. The van der Waals surface area contributed by atoms with Gasteiger partial charge in [0.15, 0.2) is 0 Å². The molecule has 1 N–H and O–H groups in total. The third kappa shape index (κ3) is 11.5. The van der Waals surface area contributed by atoms with Gasteiger partial charge in [-0.25, -0.2) is 0 Å². The Morgan fingerprint density at radius 3 is 2.00 bits per heavy atom. The van der Waals surface area contributed by atoms with Gasteiger partial charge >= 0.3 is 0 Å². The minimum absolute atomic E-state index is 0.575. The molecule has 21 heavy (non-hydrogen) atoms. The molecule has 0 amide bonds. The van der Waals surface area contributed by atoms with Crippen LogP contribution in [0.3, 0.4) is 0 Å². The molecule has 128 valence electrons. The molecule has 1 unspecified atom stereocenters. The van der Waals surface area contributed by atoms with Crippen molar-refractivity contribution in [2.24, 2.45) is 11.3 Å². The third-order valence-corrected chi connectivity index (χ3v) is 5.68. The fraction of sp³-hybridized carbons (Fsp3) is 1.00. The van der Waals surface area contributed by atoms with E-state index in [0.717, 1.165) is 5.92 Å². The van der Waals surface area contributed by atoms with E-state index in [-0.39, 0.29) is 0 Å². The van der Waals surface area contributed by atoms with Crippen LogP contribution in [0.15, 0.2) is 0 Å². The van der Waals surface area contributed by atoms with Gasteiger partial charge in [-0.3, -0.25) is 4.72 Å². The third-order valence-electron chi connectivity index (χ3n) is 4.84.